The molecule has 4 heteroatoms. The average Bonchev–Trinajstić information content (AvgIpc) is 2.47. The number of halogens is 2. The molecule has 0 aliphatic carbocycles. The Hall–Kier alpha value is -1.22. The van der Waals surface area contributed by atoms with Crippen molar-refractivity contribution < 1.29 is 4.74 Å². The molecule has 21 heavy (non-hydrogen) atoms. The van der Waals surface area contributed by atoms with Crippen molar-refractivity contribution in [3.63, 3.8) is 0 Å². The molecule has 0 fully saturated rings. The summed E-state index contributed by atoms with van der Waals surface area (Å²) in [6, 6.07) is 13.5. The molecular formula is C17H19Cl2NO. The van der Waals surface area contributed by atoms with Gasteiger partial charge in [-0.2, -0.15) is 0 Å². The van der Waals surface area contributed by atoms with E-state index in [1.165, 1.54) is 0 Å². The van der Waals surface area contributed by atoms with E-state index in [0.717, 1.165) is 23.4 Å². The highest BCUT2D eigenvalue weighted by Crippen LogP contribution is 2.35. The molecule has 2 rings (SSSR count). The number of hydrogen-bond donors (Lipinski definition) is 1. The van der Waals surface area contributed by atoms with Gasteiger partial charge in [0, 0.05) is 15.6 Å². The van der Waals surface area contributed by atoms with Gasteiger partial charge in [-0.25, -0.2) is 0 Å². The zero-order chi connectivity index (χ0) is 15.2. The lowest BCUT2D eigenvalue weighted by Crippen LogP contribution is -2.22. The quantitative estimate of drug-likeness (QED) is 0.799. The Balaban J connectivity index is 2.46. The highest BCUT2D eigenvalue weighted by Gasteiger charge is 2.19. The SMILES string of the molecule is CCNC(c1cccc(OCC)c1)c1c(Cl)cccc1Cl. The molecule has 0 aromatic heterocycles. The summed E-state index contributed by atoms with van der Waals surface area (Å²) < 4.78 is 5.58. The molecule has 1 N–H and O–H groups in total. The minimum absolute atomic E-state index is 0.0587. The van der Waals surface area contributed by atoms with Gasteiger partial charge in [0.05, 0.1) is 12.6 Å². The van der Waals surface area contributed by atoms with Gasteiger partial charge in [-0.05, 0) is 43.3 Å². The van der Waals surface area contributed by atoms with Crippen LogP contribution < -0.4 is 10.1 Å². The van der Waals surface area contributed by atoms with Gasteiger partial charge in [-0.1, -0.05) is 48.3 Å². The van der Waals surface area contributed by atoms with E-state index in [-0.39, 0.29) is 6.04 Å². The lowest BCUT2D eigenvalue weighted by atomic mass is 9.98. The number of benzene rings is 2. The zero-order valence-electron chi connectivity index (χ0n) is 12.2. The number of rotatable bonds is 6. The van der Waals surface area contributed by atoms with Crippen LogP contribution in [0.2, 0.25) is 10.0 Å². The van der Waals surface area contributed by atoms with Crippen molar-refractivity contribution in [2.24, 2.45) is 0 Å². The lowest BCUT2D eigenvalue weighted by Gasteiger charge is -2.22. The van der Waals surface area contributed by atoms with Crippen LogP contribution >= 0.6 is 23.2 Å². The fourth-order valence-corrected chi connectivity index (χ4v) is 2.94. The third kappa shape index (κ3) is 3.91. The number of nitrogens with one attached hydrogen (secondary N) is 1. The van der Waals surface area contributed by atoms with Gasteiger partial charge in [0.15, 0.2) is 0 Å². The highest BCUT2D eigenvalue weighted by molar-refractivity contribution is 6.36. The smallest absolute Gasteiger partial charge is 0.119 e. The van der Waals surface area contributed by atoms with Crippen molar-refractivity contribution in [3.8, 4) is 5.75 Å². The van der Waals surface area contributed by atoms with E-state index in [9.17, 15) is 0 Å². The third-order valence-corrected chi connectivity index (χ3v) is 3.86. The summed E-state index contributed by atoms with van der Waals surface area (Å²) in [5.74, 6) is 0.848. The zero-order valence-corrected chi connectivity index (χ0v) is 13.7. The normalized spacial score (nSPS) is 12.2. The Morgan fingerprint density at radius 2 is 1.71 bits per heavy atom. The van der Waals surface area contributed by atoms with Crippen LogP contribution in [-0.4, -0.2) is 13.2 Å². The van der Waals surface area contributed by atoms with E-state index in [1.807, 2.05) is 43.3 Å². The Morgan fingerprint density at radius 1 is 1.05 bits per heavy atom. The molecule has 0 saturated carbocycles. The molecule has 0 saturated heterocycles. The summed E-state index contributed by atoms with van der Waals surface area (Å²) in [5, 5.41) is 4.77. The van der Waals surface area contributed by atoms with Crippen LogP contribution in [-0.2, 0) is 0 Å². The van der Waals surface area contributed by atoms with E-state index in [2.05, 4.69) is 18.3 Å². The molecule has 1 unspecified atom stereocenters. The van der Waals surface area contributed by atoms with Crippen LogP contribution in [0.15, 0.2) is 42.5 Å². The maximum absolute atomic E-state index is 6.36. The average molecular weight is 324 g/mol. The predicted octanol–water partition coefficient (Wildman–Crippen LogP) is 5.09. The van der Waals surface area contributed by atoms with Gasteiger partial charge in [0.2, 0.25) is 0 Å². The minimum Gasteiger partial charge on any atom is -0.494 e. The molecule has 2 nitrogen and oxygen atoms in total. The lowest BCUT2D eigenvalue weighted by molar-refractivity contribution is 0.339. The molecule has 2 aromatic rings. The van der Waals surface area contributed by atoms with Crippen LogP contribution in [0.1, 0.15) is 31.0 Å². The second kappa shape index (κ2) is 7.69. The molecular weight excluding hydrogens is 305 g/mol. The molecule has 0 bridgehead atoms. The summed E-state index contributed by atoms with van der Waals surface area (Å²) >= 11 is 12.7. The molecule has 112 valence electrons. The van der Waals surface area contributed by atoms with E-state index in [4.69, 9.17) is 27.9 Å². The highest BCUT2D eigenvalue weighted by atomic mass is 35.5. The standard InChI is InChI=1S/C17H19Cl2NO/c1-3-20-17(16-14(18)9-6-10-15(16)19)12-7-5-8-13(11-12)21-4-2/h5-11,17,20H,3-4H2,1-2H3. The molecule has 0 heterocycles. The first-order chi connectivity index (χ1) is 10.2. The molecule has 2 aromatic carbocycles. The molecule has 0 spiro atoms. The summed E-state index contributed by atoms with van der Waals surface area (Å²) in [5.41, 5.74) is 1.98. The summed E-state index contributed by atoms with van der Waals surface area (Å²) in [4.78, 5) is 0. The van der Waals surface area contributed by atoms with Gasteiger partial charge in [0.1, 0.15) is 5.75 Å². The summed E-state index contributed by atoms with van der Waals surface area (Å²) in [7, 11) is 0. The largest absolute Gasteiger partial charge is 0.494 e. The van der Waals surface area contributed by atoms with E-state index in [1.54, 1.807) is 0 Å². The monoisotopic (exact) mass is 323 g/mol. The second-order valence-electron chi connectivity index (χ2n) is 4.63. The van der Waals surface area contributed by atoms with E-state index < -0.39 is 0 Å². The van der Waals surface area contributed by atoms with Crippen LogP contribution in [0.4, 0.5) is 0 Å². The first-order valence-electron chi connectivity index (χ1n) is 7.07. The molecule has 0 amide bonds. The molecule has 0 radical (unpaired) electrons. The van der Waals surface area contributed by atoms with Crippen LogP contribution in [0, 0.1) is 0 Å². The number of hydrogen-bond acceptors (Lipinski definition) is 2. The Bertz CT molecular complexity index is 581. The van der Waals surface area contributed by atoms with Crippen molar-refractivity contribution >= 4 is 23.2 Å². The van der Waals surface area contributed by atoms with Crippen molar-refractivity contribution in [3.05, 3.63) is 63.6 Å². The van der Waals surface area contributed by atoms with Crippen LogP contribution in [0.25, 0.3) is 0 Å². The van der Waals surface area contributed by atoms with Gasteiger partial charge < -0.3 is 10.1 Å². The Morgan fingerprint density at radius 3 is 2.33 bits per heavy atom. The van der Waals surface area contributed by atoms with Crippen molar-refractivity contribution in [2.75, 3.05) is 13.2 Å². The number of ether oxygens (including phenoxy) is 1. The van der Waals surface area contributed by atoms with Gasteiger partial charge in [-0.3, -0.25) is 0 Å². The van der Waals surface area contributed by atoms with E-state index in [0.29, 0.717) is 16.7 Å². The predicted molar refractivity (Wildman–Crippen MR) is 89.6 cm³/mol. The summed E-state index contributed by atoms with van der Waals surface area (Å²) in [6.45, 7) is 5.48. The second-order valence-corrected chi connectivity index (χ2v) is 5.45. The van der Waals surface area contributed by atoms with Gasteiger partial charge >= 0.3 is 0 Å². The van der Waals surface area contributed by atoms with Crippen LogP contribution in [0.3, 0.4) is 0 Å². The van der Waals surface area contributed by atoms with Crippen molar-refractivity contribution in [1.29, 1.82) is 0 Å². The van der Waals surface area contributed by atoms with Crippen molar-refractivity contribution in [1.82, 2.24) is 5.32 Å². The molecule has 1 atom stereocenters. The maximum Gasteiger partial charge on any atom is 0.119 e. The first-order valence-corrected chi connectivity index (χ1v) is 7.83. The topological polar surface area (TPSA) is 21.3 Å². The first kappa shape index (κ1) is 16.2. The Kier molecular flexibility index (Phi) is 5.92. The fraction of sp³-hybridized carbons (Fsp3) is 0.294. The van der Waals surface area contributed by atoms with E-state index >= 15 is 0 Å². The van der Waals surface area contributed by atoms with Crippen molar-refractivity contribution in [2.45, 2.75) is 19.9 Å². The fourth-order valence-electron chi connectivity index (χ4n) is 2.33. The van der Waals surface area contributed by atoms with Gasteiger partial charge in [0.25, 0.3) is 0 Å². The molecule has 0 aliphatic heterocycles. The summed E-state index contributed by atoms with van der Waals surface area (Å²) in [6.07, 6.45) is 0. The maximum atomic E-state index is 6.36. The molecule has 0 aliphatic rings. The van der Waals surface area contributed by atoms with Gasteiger partial charge in [-0.15, -0.1) is 0 Å². The third-order valence-electron chi connectivity index (χ3n) is 3.20. The minimum atomic E-state index is -0.0587. The van der Waals surface area contributed by atoms with Crippen LogP contribution in [0.5, 0.6) is 5.75 Å². The Labute approximate surface area is 136 Å².